The summed E-state index contributed by atoms with van der Waals surface area (Å²) in [5.74, 6) is -1.47. The first-order valence-corrected chi connectivity index (χ1v) is 17.6. The van der Waals surface area contributed by atoms with E-state index in [-0.39, 0.29) is 28.0 Å². The number of benzene rings is 1. The fourth-order valence-corrected chi connectivity index (χ4v) is 7.25. The van der Waals surface area contributed by atoms with E-state index in [4.69, 9.17) is 9.41 Å². The molecule has 1 heterocycles. The summed E-state index contributed by atoms with van der Waals surface area (Å²) in [6, 6.07) is 2.71. The lowest BCUT2D eigenvalue weighted by Gasteiger charge is -2.45. The Morgan fingerprint density at radius 3 is 2.29 bits per heavy atom. The maximum absolute atomic E-state index is 14.7. The molecule has 226 valence electrons. The highest BCUT2D eigenvalue weighted by atomic mass is 28.4. The highest BCUT2D eigenvalue weighted by molar-refractivity contribution is 6.74. The number of aliphatic hydroxyl groups excluding tert-OH is 1. The molecule has 2 atom stereocenters. The SMILES string of the molecule is CC(C)c1nc2c(c(C3=CCCC3)c1C(O)c1ccc(C(F)(F)F)c(F)c1)[C@@H](O[Si](C)(C)C(C)(C)C)CC(C)(C)C2. The predicted octanol–water partition coefficient (Wildman–Crippen LogP) is 10.0. The average Bonchev–Trinajstić information content (AvgIpc) is 3.34. The van der Waals surface area contributed by atoms with Gasteiger partial charge in [-0.15, -0.1) is 0 Å². The molecule has 2 aromatic rings. The smallest absolute Gasteiger partial charge is 0.410 e. The van der Waals surface area contributed by atoms with Crippen LogP contribution in [-0.2, 0) is 17.0 Å². The van der Waals surface area contributed by atoms with E-state index in [0.29, 0.717) is 11.3 Å². The molecule has 0 amide bonds. The Kier molecular flexibility index (Phi) is 8.49. The minimum Gasteiger partial charge on any atom is -0.410 e. The molecule has 1 aromatic heterocycles. The molecule has 0 aliphatic heterocycles. The van der Waals surface area contributed by atoms with Crippen LogP contribution in [0.4, 0.5) is 17.6 Å². The number of alkyl halides is 3. The fourth-order valence-electron chi connectivity index (χ4n) is 5.99. The van der Waals surface area contributed by atoms with Gasteiger partial charge in [0.2, 0.25) is 0 Å². The van der Waals surface area contributed by atoms with E-state index in [1.807, 2.05) is 13.8 Å². The van der Waals surface area contributed by atoms with Gasteiger partial charge in [-0.25, -0.2) is 4.39 Å². The molecular weight excluding hydrogens is 546 g/mol. The number of hydrogen-bond donors (Lipinski definition) is 1. The van der Waals surface area contributed by atoms with E-state index in [1.165, 1.54) is 6.07 Å². The van der Waals surface area contributed by atoms with Crippen LogP contribution in [0.3, 0.4) is 0 Å². The van der Waals surface area contributed by atoms with Crippen molar-refractivity contribution >= 4 is 13.9 Å². The zero-order chi connectivity index (χ0) is 30.7. The van der Waals surface area contributed by atoms with Gasteiger partial charge >= 0.3 is 6.18 Å². The topological polar surface area (TPSA) is 42.4 Å². The Morgan fingerprint density at radius 1 is 1.12 bits per heavy atom. The van der Waals surface area contributed by atoms with Crippen LogP contribution in [0.25, 0.3) is 5.57 Å². The molecule has 1 unspecified atom stereocenters. The van der Waals surface area contributed by atoms with Crippen molar-refractivity contribution < 1.29 is 27.1 Å². The Morgan fingerprint density at radius 2 is 1.78 bits per heavy atom. The summed E-state index contributed by atoms with van der Waals surface area (Å²) in [5, 5.41) is 11.9. The van der Waals surface area contributed by atoms with Gasteiger partial charge in [-0.05, 0) is 90.4 Å². The summed E-state index contributed by atoms with van der Waals surface area (Å²) in [6.45, 7) is 19.6. The second-order valence-electron chi connectivity index (χ2n) is 14.5. The molecule has 0 saturated heterocycles. The van der Waals surface area contributed by atoms with Crippen molar-refractivity contribution in [1.29, 1.82) is 0 Å². The third kappa shape index (κ3) is 6.35. The van der Waals surface area contributed by atoms with Gasteiger partial charge in [0.15, 0.2) is 8.32 Å². The Balaban J connectivity index is 2.01. The maximum Gasteiger partial charge on any atom is 0.419 e. The summed E-state index contributed by atoms with van der Waals surface area (Å²) >= 11 is 0. The molecule has 41 heavy (non-hydrogen) atoms. The summed E-state index contributed by atoms with van der Waals surface area (Å²) < 4.78 is 61.8. The Hall–Kier alpha value is -2.03. The lowest BCUT2D eigenvalue weighted by molar-refractivity contribution is -0.140. The monoisotopic (exact) mass is 591 g/mol. The van der Waals surface area contributed by atoms with Crippen molar-refractivity contribution in [2.24, 2.45) is 5.41 Å². The summed E-state index contributed by atoms with van der Waals surface area (Å²) in [4.78, 5) is 5.18. The number of hydrogen-bond acceptors (Lipinski definition) is 3. The quantitative estimate of drug-likeness (QED) is 0.268. The lowest BCUT2D eigenvalue weighted by atomic mass is 9.71. The average molecular weight is 592 g/mol. The minimum atomic E-state index is -4.81. The number of aromatic nitrogens is 1. The van der Waals surface area contributed by atoms with Gasteiger partial charge in [-0.1, -0.05) is 60.6 Å². The molecule has 8 heteroatoms. The van der Waals surface area contributed by atoms with E-state index in [2.05, 4.69) is 53.8 Å². The molecule has 0 bridgehead atoms. The summed E-state index contributed by atoms with van der Waals surface area (Å²) in [6.07, 6.45) is 0.0606. The Bertz CT molecular complexity index is 1340. The minimum absolute atomic E-state index is 0.0209. The number of fused-ring (bicyclic) bond motifs is 1. The van der Waals surface area contributed by atoms with Crippen molar-refractivity contribution in [3.05, 3.63) is 69.3 Å². The number of aliphatic hydroxyl groups is 1. The number of rotatable bonds is 6. The van der Waals surface area contributed by atoms with Gasteiger partial charge in [-0.3, -0.25) is 4.98 Å². The van der Waals surface area contributed by atoms with E-state index in [0.717, 1.165) is 66.6 Å². The number of allylic oxidation sites excluding steroid dienone is 2. The van der Waals surface area contributed by atoms with Crippen LogP contribution in [0, 0.1) is 11.2 Å². The predicted molar refractivity (Wildman–Crippen MR) is 159 cm³/mol. The molecule has 2 aliphatic rings. The molecule has 1 aromatic carbocycles. The van der Waals surface area contributed by atoms with Gasteiger partial charge in [0.1, 0.15) is 11.9 Å². The zero-order valence-corrected chi connectivity index (χ0v) is 26.9. The van der Waals surface area contributed by atoms with Crippen molar-refractivity contribution in [2.75, 3.05) is 0 Å². The van der Waals surface area contributed by atoms with E-state index >= 15 is 0 Å². The van der Waals surface area contributed by atoms with E-state index in [9.17, 15) is 22.7 Å². The maximum atomic E-state index is 14.7. The van der Waals surface area contributed by atoms with Crippen LogP contribution in [0.5, 0.6) is 0 Å². The first-order valence-electron chi connectivity index (χ1n) is 14.7. The summed E-state index contributed by atoms with van der Waals surface area (Å²) in [7, 11) is -2.23. The number of nitrogens with zero attached hydrogens (tertiary/aromatic N) is 1. The van der Waals surface area contributed by atoms with Gasteiger partial charge in [0.25, 0.3) is 0 Å². The standard InChI is InChI=1S/C33H45F4NO2Si/c1-19(2)29-28(30(39)21-14-15-22(23(34)16-21)33(35,36)37)26(20-12-10-11-13-20)27-24(38-29)17-32(6,7)18-25(27)40-41(8,9)31(3,4)5/h12,14-16,19,25,30,39H,10-11,13,17-18H2,1-9H3/t25-,30?/m0/s1. The van der Waals surface area contributed by atoms with Crippen molar-refractivity contribution in [1.82, 2.24) is 4.98 Å². The second-order valence-corrected chi connectivity index (χ2v) is 19.2. The normalized spacial score (nSPS) is 20.3. The summed E-state index contributed by atoms with van der Waals surface area (Å²) in [5.41, 5.74) is 3.91. The molecule has 3 nitrogen and oxygen atoms in total. The van der Waals surface area contributed by atoms with Gasteiger partial charge in [0, 0.05) is 22.5 Å². The first kappa shape index (κ1) is 31.9. The molecule has 0 spiro atoms. The molecule has 2 aliphatic carbocycles. The van der Waals surface area contributed by atoms with Gasteiger partial charge in [-0.2, -0.15) is 13.2 Å². The van der Waals surface area contributed by atoms with E-state index < -0.39 is 32.0 Å². The molecule has 1 N–H and O–H groups in total. The molecular formula is C33H45F4NO2Si. The zero-order valence-electron chi connectivity index (χ0n) is 25.9. The van der Waals surface area contributed by atoms with E-state index in [1.54, 1.807) is 0 Å². The first-order chi connectivity index (χ1) is 18.7. The van der Waals surface area contributed by atoms with Crippen molar-refractivity contribution in [2.45, 2.75) is 123 Å². The fraction of sp³-hybridized carbons (Fsp3) is 0.606. The van der Waals surface area contributed by atoms with Crippen LogP contribution >= 0.6 is 0 Å². The molecule has 0 radical (unpaired) electrons. The Labute approximate surface area is 243 Å². The van der Waals surface area contributed by atoms with Gasteiger partial charge < -0.3 is 9.53 Å². The van der Waals surface area contributed by atoms with Crippen LogP contribution < -0.4 is 0 Å². The number of halogens is 4. The highest BCUT2D eigenvalue weighted by Gasteiger charge is 2.45. The van der Waals surface area contributed by atoms with Crippen LogP contribution in [0.15, 0.2) is 24.3 Å². The second kappa shape index (κ2) is 10.9. The largest absolute Gasteiger partial charge is 0.419 e. The van der Waals surface area contributed by atoms with Crippen LogP contribution in [-0.4, -0.2) is 18.4 Å². The third-order valence-corrected chi connectivity index (χ3v) is 13.6. The highest BCUT2D eigenvalue weighted by Crippen LogP contribution is 2.52. The number of pyridine rings is 1. The molecule has 0 fully saturated rings. The van der Waals surface area contributed by atoms with Crippen molar-refractivity contribution in [3.8, 4) is 0 Å². The lowest BCUT2D eigenvalue weighted by Crippen LogP contribution is -2.44. The molecule has 0 saturated carbocycles. The van der Waals surface area contributed by atoms with Crippen LogP contribution in [0.2, 0.25) is 18.1 Å². The third-order valence-electron chi connectivity index (χ3n) is 9.13. The van der Waals surface area contributed by atoms with Crippen LogP contribution in [0.1, 0.15) is 131 Å². The van der Waals surface area contributed by atoms with Gasteiger partial charge in [0.05, 0.1) is 11.7 Å². The molecule has 4 rings (SSSR count). The van der Waals surface area contributed by atoms with Crippen molar-refractivity contribution in [3.63, 3.8) is 0 Å².